The van der Waals surface area contributed by atoms with E-state index in [0.29, 0.717) is 35.4 Å². The monoisotopic (exact) mass is 366 g/mol. The van der Waals surface area contributed by atoms with Crippen LogP contribution in [0, 0.1) is 12.8 Å². The molecule has 27 heavy (non-hydrogen) atoms. The zero-order chi connectivity index (χ0) is 18.8. The lowest BCUT2D eigenvalue weighted by molar-refractivity contribution is 0.153. The Morgan fingerprint density at radius 1 is 1.19 bits per heavy atom. The normalized spacial score (nSPS) is 14.8. The molecule has 1 aromatic heterocycles. The fraction of sp³-hybridized carbons (Fsp3) is 0.333. The largest absolute Gasteiger partial charge is 0.493 e. The second-order valence-corrected chi connectivity index (χ2v) is 6.78. The van der Waals surface area contributed by atoms with E-state index in [1.807, 2.05) is 42.5 Å². The van der Waals surface area contributed by atoms with Gasteiger partial charge in [0.15, 0.2) is 11.5 Å². The van der Waals surface area contributed by atoms with E-state index in [1.165, 1.54) is 0 Å². The number of benzene rings is 2. The minimum absolute atomic E-state index is 0.257. The molecule has 1 saturated carbocycles. The Kier molecular flexibility index (Phi) is 4.81. The standard InChI is InChI=1S/C21H22N2O4/c1-13-22-21(23-27-13)17-11-18(25-2)19(10-16(17)20(24)15-8-9-15)26-12-14-6-4-3-5-7-14/h3-7,10-11,15,20,24H,8-9,12H2,1-2H3. The molecule has 0 bridgehead atoms. The topological polar surface area (TPSA) is 77.6 Å². The second kappa shape index (κ2) is 7.40. The molecule has 0 aliphatic heterocycles. The Hall–Kier alpha value is -2.86. The average molecular weight is 366 g/mol. The van der Waals surface area contributed by atoms with Crippen molar-refractivity contribution in [3.05, 3.63) is 59.5 Å². The predicted octanol–water partition coefficient (Wildman–Crippen LogP) is 4.08. The number of aryl methyl sites for hydroxylation is 1. The van der Waals surface area contributed by atoms with Crippen molar-refractivity contribution in [2.45, 2.75) is 32.5 Å². The summed E-state index contributed by atoms with van der Waals surface area (Å²) >= 11 is 0. The van der Waals surface area contributed by atoms with Gasteiger partial charge in [0, 0.05) is 12.5 Å². The van der Waals surface area contributed by atoms with Crippen molar-refractivity contribution < 1.29 is 19.1 Å². The highest BCUT2D eigenvalue weighted by Crippen LogP contribution is 2.46. The van der Waals surface area contributed by atoms with Gasteiger partial charge in [0.2, 0.25) is 11.7 Å². The van der Waals surface area contributed by atoms with Crippen molar-refractivity contribution in [1.29, 1.82) is 0 Å². The molecule has 0 spiro atoms. The molecule has 6 nitrogen and oxygen atoms in total. The number of rotatable bonds is 7. The molecule has 6 heteroatoms. The summed E-state index contributed by atoms with van der Waals surface area (Å²) in [5, 5.41) is 14.8. The molecule has 1 aliphatic rings. The van der Waals surface area contributed by atoms with Crippen LogP contribution in [-0.2, 0) is 6.61 Å². The average Bonchev–Trinajstić information content (AvgIpc) is 3.47. The number of hydrogen-bond acceptors (Lipinski definition) is 6. The van der Waals surface area contributed by atoms with Crippen molar-refractivity contribution in [2.75, 3.05) is 7.11 Å². The number of ether oxygens (including phenoxy) is 2. The second-order valence-electron chi connectivity index (χ2n) is 6.78. The summed E-state index contributed by atoms with van der Waals surface area (Å²) in [6.07, 6.45) is 1.43. The summed E-state index contributed by atoms with van der Waals surface area (Å²) in [5.74, 6) is 2.32. The van der Waals surface area contributed by atoms with Crippen molar-refractivity contribution in [3.63, 3.8) is 0 Å². The minimum Gasteiger partial charge on any atom is -0.493 e. The Morgan fingerprint density at radius 2 is 1.96 bits per heavy atom. The lowest BCUT2D eigenvalue weighted by Gasteiger charge is -2.18. The summed E-state index contributed by atoms with van der Waals surface area (Å²) in [4.78, 5) is 4.32. The van der Waals surface area contributed by atoms with Crippen LogP contribution in [0.5, 0.6) is 11.5 Å². The number of aliphatic hydroxyl groups is 1. The highest BCUT2D eigenvalue weighted by atomic mass is 16.5. The molecule has 0 saturated heterocycles. The molecule has 0 amide bonds. The van der Waals surface area contributed by atoms with E-state index in [4.69, 9.17) is 14.0 Å². The number of hydrogen-bond donors (Lipinski definition) is 1. The van der Waals surface area contributed by atoms with Crippen LogP contribution >= 0.6 is 0 Å². The van der Waals surface area contributed by atoms with Gasteiger partial charge in [-0.15, -0.1) is 0 Å². The van der Waals surface area contributed by atoms with E-state index in [0.717, 1.165) is 24.0 Å². The van der Waals surface area contributed by atoms with Crippen LogP contribution in [0.2, 0.25) is 0 Å². The van der Waals surface area contributed by atoms with Crippen LogP contribution in [0.25, 0.3) is 11.4 Å². The van der Waals surface area contributed by atoms with Crippen LogP contribution < -0.4 is 9.47 Å². The zero-order valence-electron chi connectivity index (χ0n) is 15.4. The molecule has 3 aromatic rings. The Balaban J connectivity index is 1.71. The quantitative estimate of drug-likeness (QED) is 0.679. The molecule has 1 aliphatic carbocycles. The van der Waals surface area contributed by atoms with E-state index < -0.39 is 6.10 Å². The molecule has 0 radical (unpaired) electrons. The third-order valence-corrected chi connectivity index (χ3v) is 4.73. The van der Waals surface area contributed by atoms with Gasteiger partial charge in [-0.25, -0.2) is 0 Å². The van der Waals surface area contributed by atoms with E-state index >= 15 is 0 Å². The summed E-state index contributed by atoms with van der Waals surface area (Å²) < 4.78 is 16.6. The van der Waals surface area contributed by atoms with Gasteiger partial charge in [0.1, 0.15) is 6.61 Å². The first kappa shape index (κ1) is 17.5. The van der Waals surface area contributed by atoms with E-state index in [-0.39, 0.29) is 5.92 Å². The van der Waals surface area contributed by atoms with Crippen LogP contribution in [0.1, 0.15) is 36.0 Å². The predicted molar refractivity (Wildman–Crippen MR) is 99.5 cm³/mol. The maximum absolute atomic E-state index is 10.8. The molecule has 4 rings (SSSR count). The van der Waals surface area contributed by atoms with Gasteiger partial charge in [-0.1, -0.05) is 35.5 Å². The Labute approximate surface area is 157 Å². The number of nitrogens with zero attached hydrogens (tertiary/aromatic N) is 2. The molecule has 1 N–H and O–H groups in total. The smallest absolute Gasteiger partial charge is 0.223 e. The third kappa shape index (κ3) is 3.80. The minimum atomic E-state index is -0.594. The lowest BCUT2D eigenvalue weighted by Crippen LogP contribution is -2.05. The summed E-state index contributed by atoms with van der Waals surface area (Å²) in [6.45, 7) is 2.15. The van der Waals surface area contributed by atoms with Gasteiger partial charge in [0.25, 0.3) is 0 Å². The van der Waals surface area contributed by atoms with Gasteiger partial charge in [-0.3, -0.25) is 0 Å². The maximum Gasteiger partial charge on any atom is 0.223 e. The highest BCUT2D eigenvalue weighted by molar-refractivity contribution is 5.66. The molecule has 1 atom stereocenters. The van der Waals surface area contributed by atoms with Gasteiger partial charge in [-0.2, -0.15) is 4.98 Å². The molecule has 140 valence electrons. The van der Waals surface area contributed by atoms with Crippen molar-refractivity contribution in [2.24, 2.45) is 5.92 Å². The molecule has 1 heterocycles. The van der Waals surface area contributed by atoms with Crippen LogP contribution in [0.3, 0.4) is 0 Å². The fourth-order valence-corrected chi connectivity index (χ4v) is 3.10. The molecular weight excluding hydrogens is 344 g/mol. The SMILES string of the molecule is COc1cc(-c2noc(C)n2)c(C(O)C2CC2)cc1OCc1ccccc1. The highest BCUT2D eigenvalue weighted by Gasteiger charge is 2.34. The van der Waals surface area contributed by atoms with Gasteiger partial charge in [-0.05, 0) is 42.0 Å². The molecule has 2 aromatic carbocycles. The van der Waals surface area contributed by atoms with Crippen molar-refractivity contribution in [3.8, 4) is 22.9 Å². The first-order valence-electron chi connectivity index (χ1n) is 9.03. The van der Waals surface area contributed by atoms with Crippen LogP contribution in [-0.4, -0.2) is 22.4 Å². The van der Waals surface area contributed by atoms with Crippen molar-refractivity contribution >= 4 is 0 Å². The Bertz CT molecular complexity index is 919. The van der Waals surface area contributed by atoms with Crippen LogP contribution in [0.4, 0.5) is 0 Å². The van der Waals surface area contributed by atoms with E-state index in [1.54, 1.807) is 14.0 Å². The number of aliphatic hydroxyl groups excluding tert-OH is 1. The van der Waals surface area contributed by atoms with E-state index in [2.05, 4.69) is 10.1 Å². The van der Waals surface area contributed by atoms with E-state index in [9.17, 15) is 5.11 Å². The van der Waals surface area contributed by atoms with Gasteiger partial charge >= 0.3 is 0 Å². The Morgan fingerprint density at radius 3 is 2.59 bits per heavy atom. The van der Waals surface area contributed by atoms with Crippen LogP contribution in [0.15, 0.2) is 47.0 Å². The summed E-state index contributed by atoms with van der Waals surface area (Å²) in [5.41, 5.74) is 2.50. The summed E-state index contributed by atoms with van der Waals surface area (Å²) in [6, 6.07) is 13.6. The first-order chi connectivity index (χ1) is 13.2. The van der Waals surface area contributed by atoms with Crippen molar-refractivity contribution in [1.82, 2.24) is 10.1 Å². The third-order valence-electron chi connectivity index (χ3n) is 4.73. The first-order valence-corrected chi connectivity index (χ1v) is 9.03. The number of aromatic nitrogens is 2. The molecule has 1 fully saturated rings. The lowest BCUT2D eigenvalue weighted by atomic mass is 9.97. The summed E-state index contributed by atoms with van der Waals surface area (Å²) in [7, 11) is 1.59. The maximum atomic E-state index is 10.8. The van der Waals surface area contributed by atoms with Gasteiger partial charge < -0.3 is 19.1 Å². The zero-order valence-corrected chi connectivity index (χ0v) is 15.4. The molecular formula is C21H22N2O4. The number of methoxy groups -OCH3 is 1. The van der Waals surface area contributed by atoms with Gasteiger partial charge in [0.05, 0.1) is 13.2 Å². The fourth-order valence-electron chi connectivity index (χ4n) is 3.10. The molecule has 1 unspecified atom stereocenters.